The lowest BCUT2D eigenvalue weighted by Crippen LogP contribution is -2.49. The van der Waals surface area contributed by atoms with Crippen LogP contribution in [0, 0.1) is 6.92 Å². The highest BCUT2D eigenvalue weighted by atomic mass is 16.3. The van der Waals surface area contributed by atoms with E-state index in [4.69, 9.17) is 0 Å². The van der Waals surface area contributed by atoms with Gasteiger partial charge >= 0.3 is 0 Å². The Kier molecular flexibility index (Phi) is 11.3. The summed E-state index contributed by atoms with van der Waals surface area (Å²) in [5.41, 5.74) is 5.90. The number of aryl methyl sites for hydroxylation is 1. The van der Waals surface area contributed by atoms with Gasteiger partial charge in [0.05, 0.1) is 0 Å². The third-order valence-corrected chi connectivity index (χ3v) is 13.3. The Morgan fingerprint density at radius 3 is 1.02 bits per heavy atom. The summed E-state index contributed by atoms with van der Waals surface area (Å²) in [4.78, 5) is 4.87. The normalized spacial score (nSPS) is 20.1. The fourth-order valence-corrected chi connectivity index (χ4v) is 10.6. The van der Waals surface area contributed by atoms with Gasteiger partial charge in [0.2, 0.25) is 0 Å². The van der Waals surface area contributed by atoms with Crippen LogP contribution in [-0.4, -0.2) is 37.2 Å². The Labute approximate surface area is 354 Å². The first-order valence-electron chi connectivity index (χ1n) is 21.4. The first kappa shape index (κ1) is 39.6. The van der Waals surface area contributed by atoms with E-state index in [-0.39, 0.29) is 29.9 Å². The lowest BCUT2D eigenvalue weighted by Gasteiger charge is -2.43. The monoisotopic (exact) mass is 790 g/mol. The van der Waals surface area contributed by atoms with Crippen LogP contribution in [0.5, 0.6) is 5.75 Å². The summed E-state index contributed by atoms with van der Waals surface area (Å²) in [5.74, 6) is 0.265. The van der Waals surface area contributed by atoms with Gasteiger partial charge in [-0.2, -0.15) is 0 Å². The Balaban J connectivity index is 1.14. The zero-order valence-electron chi connectivity index (χ0n) is 34.3. The van der Waals surface area contributed by atoms with E-state index in [2.05, 4.69) is 77.4 Å². The van der Waals surface area contributed by atoms with E-state index in [1.165, 1.54) is 11.1 Å². The standard InChI is InChI=1S/C55H54N2O3/c1-40-36-43(38-56-49(41-20-8-2-9-21-41)32-34-51(56)54(59,45-24-12-4-13-25-45)46-26-14-5-15-27-46)53(58)44(37-40)39-57-50(42-22-10-3-11-23-42)33-35-52(57)55(60,47-28-16-6-17-29-47)48-30-18-7-19-31-48/h2-31,36-37,49-52,58-60H,32-35,38-39H2,1H3/t49-,50-,51-,52-/m0/s1. The van der Waals surface area contributed by atoms with E-state index in [0.717, 1.165) is 64.6 Å². The number of phenolic OH excluding ortho intramolecular Hbond substituents is 1. The number of aromatic hydroxyl groups is 1. The molecular formula is C55H54N2O3. The van der Waals surface area contributed by atoms with Gasteiger partial charge in [-0.25, -0.2) is 0 Å². The number of rotatable bonds is 12. The number of benzene rings is 7. The minimum Gasteiger partial charge on any atom is -0.507 e. The van der Waals surface area contributed by atoms with Gasteiger partial charge in [-0.1, -0.05) is 200 Å². The molecule has 9 rings (SSSR count). The molecule has 0 radical (unpaired) electrons. The number of likely N-dealkylation sites (tertiary alicyclic amines) is 2. The molecule has 0 saturated carbocycles. The Bertz CT molecular complexity index is 2210. The van der Waals surface area contributed by atoms with E-state index in [9.17, 15) is 15.3 Å². The van der Waals surface area contributed by atoms with Gasteiger partial charge in [-0.15, -0.1) is 0 Å². The SMILES string of the molecule is Cc1cc(CN2[C@H](C(O)(c3ccccc3)c3ccccc3)CC[C@H]2c2ccccc2)c(O)c(CN2[C@H](C(O)(c3ccccc3)c3ccccc3)CC[C@H]2c2ccccc2)c1. The summed E-state index contributed by atoms with van der Waals surface area (Å²) < 4.78 is 0. The summed E-state index contributed by atoms with van der Waals surface area (Å²) in [7, 11) is 0. The number of phenols is 1. The molecular weight excluding hydrogens is 737 g/mol. The number of nitrogens with zero attached hydrogens (tertiary/aromatic N) is 2. The first-order chi connectivity index (χ1) is 29.4. The average Bonchev–Trinajstić information content (AvgIpc) is 3.94. The smallest absolute Gasteiger partial charge is 0.130 e. The highest BCUT2D eigenvalue weighted by Gasteiger charge is 2.51. The van der Waals surface area contributed by atoms with Gasteiger partial charge in [-0.3, -0.25) is 9.80 Å². The molecule has 0 aliphatic carbocycles. The van der Waals surface area contributed by atoms with Crippen LogP contribution in [0.1, 0.15) is 87.8 Å². The minimum absolute atomic E-state index is 0.0238. The van der Waals surface area contributed by atoms with Crippen LogP contribution in [0.2, 0.25) is 0 Å². The lowest BCUT2D eigenvalue weighted by molar-refractivity contribution is -0.0185. The minimum atomic E-state index is -1.31. The Hall–Kier alpha value is -5.82. The van der Waals surface area contributed by atoms with Gasteiger partial charge in [-0.05, 0) is 66.0 Å². The fourth-order valence-electron chi connectivity index (χ4n) is 10.6. The molecule has 0 spiro atoms. The molecule has 7 aromatic rings. The molecule has 3 N–H and O–H groups in total. The zero-order chi connectivity index (χ0) is 41.1. The molecule has 5 heteroatoms. The molecule has 4 atom stereocenters. The molecule has 302 valence electrons. The van der Waals surface area contributed by atoms with Crippen molar-refractivity contribution in [3.8, 4) is 5.75 Å². The molecule has 2 heterocycles. The summed E-state index contributed by atoms with van der Waals surface area (Å²) in [5, 5.41) is 39.1. The molecule has 5 nitrogen and oxygen atoms in total. The van der Waals surface area contributed by atoms with Gasteiger partial charge in [0.15, 0.2) is 0 Å². The predicted octanol–water partition coefficient (Wildman–Crippen LogP) is 11.0. The average molecular weight is 791 g/mol. The largest absolute Gasteiger partial charge is 0.507 e. The number of hydrogen-bond acceptors (Lipinski definition) is 5. The van der Waals surface area contributed by atoms with Crippen molar-refractivity contribution in [2.75, 3.05) is 0 Å². The lowest BCUT2D eigenvalue weighted by atomic mass is 9.79. The van der Waals surface area contributed by atoms with E-state index in [1.54, 1.807) is 0 Å². The molecule has 0 bridgehead atoms. The van der Waals surface area contributed by atoms with Crippen molar-refractivity contribution in [2.24, 2.45) is 0 Å². The van der Waals surface area contributed by atoms with Gasteiger partial charge in [0.1, 0.15) is 17.0 Å². The molecule has 0 amide bonds. The summed E-state index contributed by atoms with van der Waals surface area (Å²) >= 11 is 0. The molecule has 0 aromatic heterocycles. The van der Waals surface area contributed by atoms with Crippen molar-refractivity contribution in [1.29, 1.82) is 0 Å². The third-order valence-electron chi connectivity index (χ3n) is 13.3. The van der Waals surface area contributed by atoms with Crippen LogP contribution in [-0.2, 0) is 24.3 Å². The van der Waals surface area contributed by atoms with Gasteiger partial charge in [0, 0.05) is 48.4 Å². The summed E-state index contributed by atoms with van der Waals surface area (Å²) in [6.07, 6.45) is 3.26. The van der Waals surface area contributed by atoms with Gasteiger partial charge < -0.3 is 15.3 Å². The maximum atomic E-state index is 13.2. The Morgan fingerprint density at radius 2 is 0.717 bits per heavy atom. The molecule has 60 heavy (non-hydrogen) atoms. The van der Waals surface area contributed by atoms with Crippen molar-refractivity contribution >= 4 is 0 Å². The van der Waals surface area contributed by atoms with Crippen LogP contribution in [0.3, 0.4) is 0 Å². The number of aliphatic hydroxyl groups is 2. The fraction of sp³-hybridized carbons (Fsp3) is 0.236. The van der Waals surface area contributed by atoms with E-state index in [0.29, 0.717) is 13.1 Å². The topological polar surface area (TPSA) is 67.2 Å². The second-order valence-corrected chi connectivity index (χ2v) is 16.8. The highest BCUT2D eigenvalue weighted by Crippen LogP contribution is 2.50. The highest BCUT2D eigenvalue weighted by molar-refractivity contribution is 5.46. The van der Waals surface area contributed by atoms with Crippen molar-refractivity contribution in [2.45, 2.75) is 81.1 Å². The van der Waals surface area contributed by atoms with Crippen molar-refractivity contribution < 1.29 is 15.3 Å². The first-order valence-corrected chi connectivity index (χ1v) is 21.4. The summed E-state index contributed by atoms with van der Waals surface area (Å²) in [6.45, 7) is 2.99. The van der Waals surface area contributed by atoms with Crippen molar-refractivity contribution in [3.05, 3.63) is 244 Å². The second-order valence-electron chi connectivity index (χ2n) is 16.8. The second kappa shape index (κ2) is 17.0. The van der Waals surface area contributed by atoms with E-state index < -0.39 is 11.2 Å². The molecule has 2 fully saturated rings. The van der Waals surface area contributed by atoms with Gasteiger partial charge in [0.25, 0.3) is 0 Å². The summed E-state index contributed by atoms with van der Waals surface area (Å²) in [6, 6.07) is 65.1. The Morgan fingerprint density at radius 1 is 0.433 bits per heavy atom. The molecule has 0 unspecified atom stereocenters. The third kappa shape index (κ3) is 7.37. The van der Waals surface area contributed by atoms with E-state index in [1.807, 2.05) is 133 Å². The maximum absolute atomic E-state index is 13.2. The predicted molar refractivity (Wildman–Crippen MR) is 240 cm³/mol. The molecule has 2 saturated heterocycles. The van der Waals surface area contributed by atoms with Crippen molar-refractivity contribution in [3.63, 3.8) is 0 Å². The van der Waals surface area contributed by atoms with Crippen LogP contribution >= 0.6 is 0 Å². The zero-order valence-corrected chi connectivity index (χ0v) is 34.3. The molecule has 2 aliphatic rings. The maximum Gasteiger partial charge on any atom is 0.130 e. The van der Waals surface area contributed by atoms with Crippen LogP contribution in [0.25, 0.3) is 0 Å². The quantitative estimate of drug-likeness (QED) is 0.115. The van der Waals surface area contributed by atoms with Crippen LogP contribution < -0.4 is 0 Å². The van der Waals surface area contributed by atoms with E-state index >= 15 is 0 Å². The number of hydrogen-bond donors (Lipinski definition) is 3. The molecule has 2 aliphatic heterocycles. The van der Waals surface area contributed by atoms with Crippen LogP contribution in [0.4, 0.5) is 0 Å². The molecule has 7 aromatic carbocycles. The van der Waals surface area contributed by atoms with Crippen molar-refractivity contribution in [1.82, 2.24) is 9.80 Å². The van der Waals surface area contributed by atoms with Crippen LogP contribution in [0.15, 0.2) is 194 Å².